The second-order valence-corrected chi connectivity index (χ2v) is 7.00. The van der Waals surface area contributed by atoms with Gasteiger partial charge in [-0.1, -0.05) is 18.2 Å². The predicted molar refractivity (Wildman–Crippen MR) is 98.0 cm³/mol. The third-order valence-corrected chi connectivity index (χ3v) is 4.60. The molecule has 2 amide bonds. The molecule has 0 saturated heterocycles. The summed E-state index contributed by atoms with van der Waals surface area (Å²) < 4.78 is 0. The van der Waals surface area contributed by atoms with Crippen LogP contribution in [-0.4, -0.2) is 51.7 Å². The average molecular weight is 355 g/mol. The molecule has 2 aromatic rings. The highest BCUT2D eigenvalue weighted by Gasteiger charge is 2.24. The lowest BCUT2D eigenvalue weighted by atomic mass is 10.1. The summed E-state index contributed by atoms with van der Waals surface area (Å²) in [6.45, 7) is 3.84. The number of benzene rings is 1. The van der Waals surface area contributed by atoms with Crippen LogP contribution in [0.25, 0.3) is 0 Å². The first kappa shape index (κ1) is 18.1. The van der Waals surface area contributed by atoms with E-state index < -0.39 is 6.04 Å². The smallest absolute Gasteiger partial charge is 0.245 e. The summed E-state index contributed by atoms with van der Waals surface area (Å²) in [7, 11) is 3.87. The van der Waals surface area contributed by atoms with Gasteiger partial charge in [0.15, 0.2) is 0 Å². The van der Waals surface area contributed by atoms with Gasteiger partial charge in [0.1, 0.15) is 6.04 Å². The molecule has 0 fully saturated rings. The Kier molecular flexibility index (Phi) is 5.37. The summed E-state index contributed by atoms with van der Waals surface area (Å²) >= 11 is 0. The highest BCUT2D eigenvalue weighted by atomic mass is 16.2. The SMILES string of the molecule is CC(=O)N[C@@H](Cc1cnc[nH]1)C(=O)N(C)Cc1ccc2c(c1)CN(C)C2. The number of nitrogens with zero attached hydrogens (tertiary/aromatic N) is 3. The maximum Gasteiger partial charge on any atom is 0.245 e. The number of nitrogens with one attached hydrogen (secondary N) is 2. The van der Waals surface area contributed by atoms with E-state index in [1.165, 1.54) is 18.1 Å². The maximum absolute atomic E-state index is 12.9. The van der Waals surface area contributed by atoms with Gasteiger partial charge >= 0.3 is 0 Å². The quantitative estimate of drug-likeness (QED) is 0.812. The van der Waals surface area contributed by atoms with Crippen LogP contribution in [0.15, 0.2) is 30.7 Å². The molecule has 7 heteroatoms. The van der Waals surface area contributed by atoms with Gasteiger partial charge < -0.3 is 15.2 Å². The molecule has 0 aliphatic carbocycles. The van der Waals surface area contributed by atoms with Gasteiger partial charge in [-0.25, -0.2) is 4.98 Å². The summed E-state index contributed by atoms with van der Waals surface area (Å²) in [4.78, 5) is 35.3. The first-order valence-corrected chi connectivity index (χ1v) is 8.71. The van der Waals surface area contributed by atoms with Crippen LogP contribution in [0.3, 0.4) is 0 Å². The molecule has 2 N–H and O–H groups in total. The van der Waals surface area contributed by atoms with Crippen molar-refractivity contribution in [1.29, 1.82) is 0 Å². The van der Waals surface area contributed by atoms with Crippen LogP contribution < -0.4 is 5.32 Å². The number of hydrogen-bond acceptors (Lipinski definition) is 4. The van der Waals surface area contributed by atoms with E-state index in [0.29, 0.717) is 13.0 Å². The molecule has 0 radical (unpaired) electrons. The summed E-state index contributed by atoms with van der Waals surface area (Å²) in [5, 5.41) is 2.75. The lowest BCUT2D eigenvalue weighted by Gasteiger charge is -2.24. The number of likely N-dealkylation sites (N-methyl/N-ethyl adjacent to an activating group) is 1. The molecule has 1 aromatic carbocycles. The molecule has 0 spiro atoms. The maximum atomic E-state index is 12.9. The van der Waals surface area contributed by atoms with E-state index in [1.807, 2.05) is 0 Å². The Bertz CT molecular complexity index is 787. The largest absolute Gasteiger partial charge is 0.348 e. The second-order valence-electron chi connectivity index (χ2n) is 7.00. The summed E-state index contributed by atoms with van der Waals surface area (Å²) in [5.74, 6) is -0.343. The summed E-state index contributed by atoms with van der Waals surface area (Å²) in [6.07, 6.45) is 3.62. The zero-order chi connectivity index (χ0) is 18.7. The number of aromatic nitrogens is 2. The van der Waals surface area contributed by atoms with Crippen LogP contribution in [0.2, 0.25) is 0 Å². The van der Waals surface area contributed by atoms with Crippen molar-refractivity contribution in [3.63, 3.8) is 0 Å². The lowest BCUT2D eigenvalue weighted by Crippen LogP contribution is -2.47. The van der Waals surface area contributed by atoms with Gasteiger partial charge in [-0.05, 0) is 23.7 Å². The number of carbonyl (C=O) groups is 2. The van der Waals surface area contributed by atoms with Crippen LogP contribution >= 0.6 is 0 Å². The first-order valence-electron chi connectivity index (χ1n) is 8.71. The minimum Gasteiger partial charge on any atom is -0.348 e. The van der Waals surface area contributed by atoms with Crippen LogP contribution in [0, 0.1) is 0 Å². The number of imidazole rings is 1. The molecule has 0 unspecified atom stereocenters. The topological polar surface area (TPSA) is 81.3 Å². The van der Waals surface area contributed by atoms with Crippen molar-refractivity contribution in [3.05, 3.63) is 53.1 Å². The Morgan fingerprint density at radius 3 is 2.81 bits per heavy atom. The molecule has 0 saturated carbocycles. The molecule has 7 nitrogen and oxygen atoms in total. The van der Waals surface area contributed by atoms with Crippen molar-refractivity contribution in [3.8, 4) is 0 Å². The van der Waals surface area contributed by atoms with E-state index >= 15 is 0 Å². The second kappa shape index (κ2) is 7.70. The Balaban J connectivity index is 1.68. The number of fused-ring (bicyclic) bond motifs is 1. The Morgan fingerprint density at radius 1 is 1.35 bits per heavy atom. The van der Waals surface area contributed by atoms with Gasteiger partial charge in [0.25, 0.3) is 0 Å². The molecule has 1 aliphatic rings. The third-order valence-electron chi connectivity index (χ3n) is 4.60. The van der Waals surface area contributed by atoms with Gasteiger partial charge in [0, 0.05) is 51.9 Å². The molecular weight excluding hydrogens is 330 g/mol. The van der Waals surface area contributed by atoms with Crippen LogP contribution in [0.1, 0.15) is 29.3 Å². The van der Waals surface area contributed by atoms with E-state index in [2.05, 4.69) is 45.4 Å². The summed E-state index contributed by atoms with van der Waals surface area (Å²) in [6, 6.07) is 5.77. The van der Waals surface area contributed by atoms with Gasteiger partial charge in [0.2, 0.25) is 11.8 Å². The molecule has 1 aromatic heterocycles. The molecule has 1 atom stereocenters. The van der Waals surface area contributed by atoms with Crippen molar-refractivity contribution in [2.24, 2.45) is 0 Å². The molecule has 1 aliphatic heterocycles. The highest BCUT2D eigenvalue weighted by molar-refractivity contribution is 5.87. The van der Waals surface area contributed by atoms with Gasteiger partial charge in [0.05, 0.1) is 6.33 Å². The van der Waals surface area contributed by atoms with E-state index in [0.717, 1.165) is 24.3 Å². The first-order chi connectivity index (χ1) is 12.4. The van der Waals surface area contributed by atoms with Crippen LogP contribution in [0.5, 0.6) is 0 Å². The van der Waals surface area contributed by atoms with Crippen LogP contribution in [0.4, 0.5) is 0 Å². The fraction of sp³-hybridized carbons (Fsp3) is 0.421. The number of hydrogen-bond donors (Lipinski definition) is 2. The zero-order valence-corrected chi connectivity index (χ0v) is 15.5. The Morgan fingerprint density at radius 2 is 2.12 bits per heavy atom. The fourth-order valence-corrected chi connectivity index (χ4v) is 3.40. The van der Waals surface area contributed by atoms with E-state index in [-0.39, 0.29) is 11.8 Å². The Hall–Kier alpha value is -2.67. The van der Waals surface area contributed by atoms with E-state index in [1.54, 1.807) is 24.5 Å². The molecule has 138 valence electrons. The monoisotopic (exact) mass is 355 g/mol. The normalized spacial score (nSPS) is 14.7. The van der Waals surface area contributed by atoms with Crippen LogP contribution in [-0.2, 0) is 35.6 Å². The molecule has 26 heavy (non-hydrogen) atoms. The molecule has 3 rings (SSSR count). The van der Waals surface area contributed by atoms with Gasteiger partial charge in [-0.15, -0.1) is 0 Å². The number of carbonyl (C=O) groups excluding carboxylic acids is 2. The van der Waals surface area contributed by atoms with Crippen molar-refractivity contribution in [1.82, 2.24) is 25.1 Å². The molecule has 0 bridgehead atoms. The highest BCUT2D eigenvalue weighted by Crippen LogP contribution is 2.23. The van der Waals surface area contributed by atoms with Crippen molar-refractivity contribution in [2.45, 2.75) is 39.0 Å². The molecule has 2 heterocycles. The number of amides is 2. The number of H-pyrrole nitrogens is 1. The standard InChI is InChI=1S/C19H25N5O2/c1-13(25)22-18(7-17-8-20-12-21-17)19(26)24(3)9-14-4-5-15-10-23(2)11-16(15)6-14/h4-6,8,12,18H,7,9-11H2,1-3H3,(H,20,21)(H,22,25)/t18-/m0/s1. The summed E-state index contributed by atoms with van der Waals surface area (Å²) in [5.41, 5.74) is 4.58. The van der Waals surface area contributed by atoms with Crippen molar-refractivity contribution < 1.29 is 9.59 Å². The van der Waals surface area contributed by atoms with Crippen molar-refractivity contribution in [2.75, 3.05) is 14.1 Å². The number of rotatable bonds is 6. The zero-order valence-electron chi connectivity index (χ0n) is 15.5. The van der Waals surface area contributed by atoms with E-state index in [4.69, 9.17) is 0 Å². The fourth-order valence-electron chi connectivity index (χ4n) is 3.40. The van der Waals surface area contributed by atoms with E-state index in [9.17, 15) is 9.59 Å². The minimum absolute atomic E-state index is 0.118. The number of aromatic amines is 1. The third kappa shape index (κ3) is 4.29. The molecular formula is C19H25N5O2. The van der Waals surface area contributed by atoms with Crippen molar-refractivity contribution >= 4 is 11.8 Å². The average Bonchev–Trinajstić information content (AvgIpc) is 3.21. The van der Waals surface area contributed by atoms with Gasteiger partial charge in [-0.2, -0.15) is 0 Å². The lowest BCUT2D eigenvalue weighted by molar-refractivity contribution is -0.135. The predicted octanol–water partition coefficient (Wildman–Crippen LogP) is 1.06. The van der Waals surface area contributed by atoms with Gasteiger partial charge in [-0.3, -0.25) is 14.5 Å². The Labute approximate surface area is 153 Å². The minimum atomic E-state index is -0.612.